The molecule has 0 aliphatic rings. The number of halogens is 10. The Hall–Kier alpha value is -5.28. The number of methoxy groups -OCH3 is 1. The zero-order valence-corrected chi connectivity index (χ0v) is 24.2. The Morgan fingerprint density at radius 2 is 1.21 bits per heavy atom. The van der Waals surface area contributed by atoms with Crippen LogP contribution < -0.4 is 14.8 Å². The van der Waals surface area contributed by atoms with Crippen LogP contribution >= 0.6 is 0 Å². The van der Waals surface area contributed by atoms with Crippen molar-refractivity contribution in [3.8, 4) is 11.5 Å². The molecule has 0 saturated heterocycles. The van der Waals surface area contributed by atoms with Gasteiger partial charge < -0.3 is 19.5 Å². The van der Waals surface area contributed by atoms with Crippen molar-refractivity contribution in [1.82, 2.24) is 5.32 Å². The summed E-state index contributed by atoms with van der Waals surface area (Å²) in [4.78, 5) is 26.0. The van der Waals surface area contributed by atoms with E-state index in [9.17, 15) is 53.5 Å². The van der Waals surface area contributed by atoms with E-state index < -0.39 is 71.2 Å². The Morgan fingerprint density at radius 1 is 0.667 bits per heavy atom. The molecule has 0 saturated carbocycles. The van der Waals surface area contributed by atoms with Gasteiger partial charge in [-0.1, -0.05) is 36.4 Å². The number of ether oxygens (including phenoxy) is 3. The predicted octanol–water partition coefficient (Wildman–Crippen LogP) is 8.34. The van der Waals surface area contributed by atoms with E-state index >= 15 is 0 Å². The van der Waals surface area contributed by atoms with Gasteiger partial charge >= 0.3 is 24.9 Å². The van der Waals surface area contributed by atoms with E-state index in [1.54, 1.807) is 0 Å². The summed E-state index contributed by atoms with van der Waals surface area (Å²) in [5.41, 5.74) is -5.21. The van der Waals surface area contributed by atoms with Crippen molar-refractivity contribution >= 4 is 11.9 Å². The SMILES string of the molecule is COC(=O)c1cccc(CC(NC(=O)c2ccc(F)c(C(F)(F)F)c2)(c2cccc(OC(F)(F)F)c2)c2cccc(OC(F)(F)F)c2)c1. The number of hydrogen-bond acceptors (Lipinski definition) is 5. The molecule has 254 valence electrons. The zero-order chi connectivity index (χ0) is 35.5. The van der Waals surface area contributed by atoms with Crippen LogP contribution in [-0.4, -0.2) is 31.7 Å². The Bertz CT molecular complexity index is 1740. The summed E-state index contributed by atoms with van der Waals surface area (Å²) in [7, 11) is 1.08. The second kappa shape index (κ2) is 13.4. The lowest BCUT2D eigenvalue weighted by Crippen LogP contribution is -2.48. The summed E-state index contributed by atoms with van der Waals surface area (Å²) in [6.07, 6.45) is -16.2. The summed E-state index contributed by atoms with van der Waals surface area (Å²) in [6.45, 7) is 0. The minimum atomic E-state index is -5.24. The van der Waals surface area contributed by atoms with Crippen molar-refractivity contribution in [2.45, 2.75) is 30.9 Å². The lowest BCUT2D eigenvalue weighted by Gasteiger charge is -2.37. The largest absolute Gasteiger partial charge is 0.573 e. The third-order valence-corrected chi connectivity index (χ3v) is 6.80. The molecule has 1 amide bonds. The summed E-state index contributed by atoms with van der Waals surface area (Å²) in [6, 6.07) is 14.5. The van der Waals surface area contributed by atoms with E-state index in [-0.39, 0.29) is 28.3 Å². The maximum absolute atomic E-state index is 14.1. The first kappa shape index (κ1) is 35.6. The van der Waals surface area contributed by atoms with E-state index in [1.807, 2.05) is 0 Å². The minimum Gasteiger partial charge on any atom is -0.465 e. The molecule has 1 N–H and O–H groups in total. The van der Waals surface area contributed by atoms with Crippen LogP contribution in [0.1, 0.15) is 43.0 Å². The van der Waals surface area contributed by atoms with E-state index in [2.05, 4.69) is 14.8 Å². The third-order valence-electron chi connectivity index (χ3n) is 6.80. The molecule has 0 unspecified atom stereocenters. The van der Waals surface area contributed by atoms with Crippen LogP contribution in [0.15, 0.2) is 91.0 Å². The van der Waals surface area contributed by atoms with E-state index in [0.717, 1.165) is 43.5 Å². The van der Waals surface area contributed by atoms with E-state index in [0.29, 0.717) is 12.1 Å². The van der Waals surface area contributed by atoms with E-state index in [4.69, 9.17) is 4.74 Å². The average molecular weight is 690 g/mol. The Morgan fingerprint density at radius 3 is 1.71 bits per heavy atom. The third kappa shape index (κ3) is 8.74. The van der Waals surface area contributed by atoms with Gasteiger partial charge in [-0.25, -0.2) is 9.18 Å². The van der Waals surface area contributed by atoms with Crippen LogP contribution in [0.3, 0.4) is 0 Å². The van der Waals surface area contributed by atoms with Crippen LogP contribution in [0, 0.1) is 5.82 Å². The predicted molar refractivity (Wildman–Crippen MR) is 147 cm³/mol. The van der Waals surface area contributed by atoms with Gasteiger partial charge in [-0.2, -0.15) is 13.2 Å². The number of nitrogens with one attached hydrogen (secondary N) is 1. The number of hydrogen-bond donors (Lipinski definition) is 1. The van der Waals surface area contributed by atoms with Crippen molar-refractivity contribution in [1.29, 1.82) is 0 Å². The van der Waals surface area contributed by atoms with Crippen LogP contribution in [0.5, 0.6) is 11.5 Å². The Labute approximate surface area is 264 Å². The van der Waals surface area contributed by atoms with Crippen LogP contribution in [0.2, 0.25) is 0 Å². The first-order valence-corrected chi connectivity index (χ1v) is 13.4. The van der Waals surface area contributed by atoms with Gasteiger partial charge in [-0.05, 0) is 71.3 Å². The van der Waals surface area contributed by atoms with Crippen molar-refractivity contribution < 1.29 is 67.7 Å². The lowest BCUT2D eigenvalue weighted by atomic mass is 9.77. The molecule has 0 aromatic heterocycles. The molecule has 0 bridgehead atoms. The molecule has 0 spiro atoms. The van der Waals surface area contributed by atoms with Crippen LogP contribution in [-0.2, 0) is 22.9 Å². The molecule has 0 atom stereocenters. The number of carbonyl (C=O) groups excluding carboxylic acids is 2. The van der Waals surface area contributed by atoms with Gasteiger partial charge in [0.15, 0.2) is 0 Å². The number of alkyl halides is 9. The highest BCUT2D eigenvalue weighted by atomic mass is 19.4. The fourth-order valence-corrected chi connectivity index (χ4v) is 4.86. The number of esters is 1. The van der Waals surface area contributed by atoms with Gasteiger partial charge in [0.25, 0.3) is 5.91 Å². The first-order chi connectivity index (χ1) is 22.3. The maximum Gasteiger partial charge on any atom is 0.573 e. The summed E-state index contributed by atoms with van der Waals surface area (Å²) < 4.78 is 147. The number of benzene rings is 4. The van der Waals surface area contributed by atoms with Gasteiger partial charge in [0.1, 0.15) is 17.3 Å². The van der Waals surface area contributed by atoms with Crippen molar-refractivity contribution in [3.63, 3.8) is 0 Å². The van der Waals surface area contributed by atoms with Gasteiger partial charge in [0, 0.05) is 12.0 Å². The molecular weight excluding hydrogens is 668 g/mol. The number of rotatable bonds is 9. The normalized spacial score (nSPS) is 12.3. The molecule has 48 heavy (non-hydrogen) atoms. The molecule has 0 fully saturated rings. The quantitative estimate of drug-likeness (QED) is 0.141. The van der Waals surface area contributed by atoms with Gasteiger partial charge in [-0.3, -0.25) is 4.79 Å². The van der Waals surface area contributed by atoms with Crippen molar-refractivity contribution in [2.75, 3.05) is 7.11 Å². The number of carbonyl (C=O) groups is 2. The molecule has 4 aromatic carbocycles. The molecule has 0 heterocycles. The molecule has 16 heteroatoms. The van der Waals surface area contributed by atoms with Gasteiger partial charge in [-0.15, -0.1) is 26.3 Å². The average Bonchev–Trinajstić information content (AvgIpc) is 2.98. The summed E-state index contributed by atoms with van der Waals surface area (Å²) in [5, 5.41) is 2.45. The highest BCUT2D eigenvalue weighted by Gasteiger charge is 2.41. The highest BCUT2D eigenvalue weighted by molar-refractivity contribution is 5.95. The molecule has 0 radical (unpaired) electrons. The Balaban J connectivity index is 2.01. The summed E-state index contributed by atoms with van der Waals surface area (Å²) in [5.74, 6) is -5.52. The van der Waals surface area contributed by atoms with E-state index in [1.165, 1.54) is 36.4 Å². The zero-order valence-electron chi connectivity index (χ0n) is 24.2. The number of amides is 1. The molecule has 4 rings (SSSR count). The second-order valence-corrected chi connectivity index (χ2v) is 10.1. The maximum atomic E-state index is 14.1. The monoisotopic (exact) mass is 689 g/mol. The van der Waals surface area contributed by atoms with Crippen molar-refractivity contribution in [2.24, 2.45) is 0 Å². The second-order valence-electron chi connectivity index (χ2n) is 10.1. The molecule has 0 aliphatic carbocycles. The fourth-order valence-electron chi connectivity index (χ4n) is 4.86. The summed E-state index contributed by atoms with van der Waals surface area (Å²) >= 11 is 0. The van der Waals surface area contributed by atoms with Gasteiger partial charge in [0.05, 0.1) is 23.8 Å². The van der Waals surface area contributed by atoms with Crippen molar-refractivity contribution in [3.05, 3.63) is 130 Å². The van der Waals surface area contributed by atoms with Crippen LogP contribution in [0.25, 0.3) is 0 Å². The van der Waals surface area contributed by atoms with Gasteiger partial charge in [0.2, 0.25) is 0 Å². The molecule has 4 aromatic rings. The highest BCUT2D eigenvalue weighted by Crippen LogP contribution is 2.39. The fraction of sp³-hybridized carbons (Fsp3) is 0.188. The molecule has 0 aliphatic heterocycles. The smallest absolute Gasteiger partial charge is 0.465 e. The Kier molecular flexibility index (Phi) is 9.97. The topological polar surface area (TPSA) is 73.9 Å². The minimum absolute atomic E-state index is 0.0353. The molecular formula is C32H21F10NO5. The lowest BCUT2D eigenvalue weighted by molar-refractivity contribution is -0.275. The standard InChI is InChI=1S/C32H21F10NO5/c1-46-28(45)20-6-2-5-18(13-20)17-29(21-7-3-9-23(15-21)47-31(37,38)39,22-8-4-10-24(16-22)48-32(40,41)42)43-27(44)19-11-12-26(33)25(14-19)30(34,35)36/h2-16H,17H2,1H3,(H,43,44). The molecule has 6 nitrogen and oxygen atoms in total. The van der Waals surface area contributed by atoms with Crippen LogP contribution in [0.4, 0.5) is 43.9 Å². The first-order valence-electron chi connectivity index (χ1n) is 13.4.